The molecule has 9 heteroatoms. The van der Waals surface area contributed by atoms with Crippen LogP contribution in [0.2, 0.25) is 0 Å². The zero-order chi connectivity index (χ0) is 19.6. The second-order valence-corrected chi connectivity index (χ2v) is 8.79. The molecule has 8 nitrogen and oxygen atoms in total. The van der Waals surface area contributed by atoms with E-state index in [-0.39, 0.29) is 17.5 Å². The monoisotopic (exact) mass is 383 g/mol. The van der Waals surface area contributed by atoms with Crippen LogP contribution in [0.4, 0.5) is 10.5 Å². The van der Waals surface area contributed by atoms with Crippen LogP contribution in [-0.2, 0) is 14.8 Å². The number of sulfonamides is 1. The molecule has 1 atom stereocenters. The van der Waals surface area contributed by atoms with Crippen molar-refractivity contribution < 1.29 is 23.1 Å². The number of hydrogen-bond donors (Lipinski definition) is 2. The number of nitrogens with zero attached hydrogens (tertiary/aromatic N) is 2. The van der Waals surface area contributed by atoms with Gasteiger partial charge >= 0.3 is 12.0 Å². The van der Waals surface area contributed by atoms with Crippen LogP contribution in [0.25, 0.3) is 0 Å². The minimum absolute atomic E-state index is 0.0967. The third kappa shape index (κ3) is 4.16. The highest BCUT2D eigenvalue weighted by molar-refractivity contribution is 7.89. The van der Waals surface area contributed by atoms with Crippen molar-refractivity contribution in [1.29, 1.82) is 0 Å². The van der Waals surface area contributed by atoms with Gasteiger partial charge in [0.15, 0.2) is 0 Å². The van der Waals surface area contributed by atoms with Gasteiger partial charge in [0.1, 0.15) is 0 Å². The van der Waals surface area contributed by atoms with Crippen LogP contribution in [-0.4, -0.2) is 60.9 Å². The number of carbonyl (C=O) groups is 2. The molecule has 144 valence electrons. The van der Waals surface area contributed by atoms with Gasteiger partial charge in [-0.05, 0) is 44.9 Å². The van der Waals surface area contributed by atoms with Gasteiger partial charge in [-0.2, -0.15) is 4.31 Å². The van der Waals surface area contributed by atoms with Crippen molar-refractivity contribution in [3.63, 3.8) is 0 Å². The molecule has 1 unspecified atom stereocenters. The van der Waals surface area contributed by atoms with Gasteiger partial charge < -0.3 is 15.3 Å². The zero-order valence-corrected chi connectivity index (χ0v) is 16.2. The summed E-state index contributed by atoms with van der Waals surface area (Å²) in [5, 5.41) is 11.7. The average Bonchev–Trinajstić information content (AvgIpc) is 3.06. The highest BCUT2D eigenvalue weighted by atomic mass is 32.2. The van der Waals surface area contributed by atoms with Crippen LogP contribution in [0.3, 0.4) is 0 Å². The summed E-state index contributed by atoms with van der Waals surface area (Å²) in [6, 6.07) is 3.96. The number of nitrogens with one attached hydrogen (secondary N) is 1. The van der Waals surface area contributed by atoms with Crippen molar-refractivity contribution in [1.82, 2.24) is 9.21 Å². The third-order valence-electron chi connectivity index (χ3n) is 4.68. The van der Waals surface area contributed by atoms with E-state index in [4.69, 9.17) is 5.11 Å². The van der Waals surface area contributed by atoms with Crippen LogP contribution in [0.15, 0.2) is 23.1 Å². The Morgan fingerprint density at radius 2 is 2.00 bits per heavy atom. The van der Waals surface area contributed by atoms with E-state index in [2.05, 4.69) is 5.32 Å². The average molecular weight is 383 g/mol. The lowest BCUT2D eigenvalue weighted by atomic mass is 10.1. The summed E-state index contributed by atoms with van der Waals surface area (Å²) >= 11 is 0. The Labute approximate surface area is 153 Å². The first kappa shape index (κ1) is 20.2. The first-order valence-electron chi connectivity index (χ1n) is 8.41. The highest BCUT2D eigenvalue weighted by Gasteiger charge is 2.31. The molecule has 1 aromatic carbocycles. The molecule has 0 aromatic heterocycles. The van der Waals surface area contributed by atoms with Crippen molar-refractivity contribution in [2.24, 2.45) is 5.92 Å². The van der Waals surface area contributed by atoms with Crippen molar-refractivity contribution in [2.75, 3.05) is 25.5 Å². The standard InChI is InChI=1S/C17H25N3O5S/c1-11(2)19(4)26(24,25)14-6-5-12(3)15(9-14)18-17(23)20-8-7-13(10-20)16(21)22/h5-6,9,11,13H,7-8,10H2,1-4H3,(H,18,23)(H,21,22). The molecule has 0 bridgehead atoms. The van der Waals surface area contributed by atoms with E-state index in [9.17, 15) is 18.0 Å². The number of hydrogen-bond acceptors (Lipinski definition) is 4. The third-order valence-corrected chi connectivity index (χ3v) is 6.71. The fourth-order valence-electron chi connectivity index (χ4n) is 2.68. The Kier molecular flexibility index (Phi) is 5.92. The van der Waals surface area contributed by atoms with Gasteiger partial charge in [0.05, 0.1) is 10.8 Å². The van der Waals surface area contributed by atoms with Crippen LogP contribution < -0.4 is 5.32 Å². The van der Waals surface area contributed by atoms with Gasteiger partial charge in [0.2, 0.25) is 10.0 Å². The molecule has 2 rings (SSSR count). The number of carboxylic acid groups (broad SMARTS) is 1. The Hall–Kier alpha value is -2.13. The highest BCUT2D eigenvalue weighted by Crippen LogP contribution is 2.24. The predicted octanol–water partition coefficient (Wildman–Crippen LogP) is 1.96. The summed E-state index contributed by atoms with van der Waals surface area (Å²) in [5.41, 5.74) is 1.12. The van der Waals surface area contributed by atoms with Gasteiger partial charge in [-0.15, -0.1) is 0 Å². The van der Waals surface area contributed by atoms with Gasteiger partial charge in [-0.3, -0.25) is 4.79 Å². The number of aliphatic carboxylic acids is 1. The van der Waals surface area contributed by atoms with Crippen molar-refractivity contribution >= 4 is 27.7 Å². The molecule has 0 radical (unpaired) electrons. The molecule has 1 fully saturated rings. The van der Waals surface area contributed by atoms with Crippen molar-refractivity contribution in [3.8, 4) is 0 Å². The van der Waals surface area contributed by atoms with Gasteiger partial charge in [0.25, 0.3) is 0 Å². The second kappa shape index (κ2) is 7.63. The van der Waals surface area contributed by atoms with Crippen molar-refractivity contribution in [2.45, 2.75) is 38.1 Å². The number of aryl methyl sites for hydroxylation is 1. The maximum absolute atomic E-state index is 12.6. The predicted molar refractivity (Wildman–Crippen MR) is 97.6 cm³/mol. The number of urea groups is 1. The molecular formula is C17H25N3O5S. The van der Waals surface area contributed by atoms with E-state index >= 15 is 0 Å². The quantitative estimate of drug-likeness (QED) is 0.808. The summed E-state index contributed by atoms with van der Waals surface area (Å²) in [5.74, 6) is -1.48. The maximum Gasteiger partial charge on any atom is 0.321 e. The molecule has 1 aliphatic heterocycles. The first-order chi connectivity index (χ1) is 12.0. The summed E-state index contributed by atoms with van der Waals surface area (Å²) < 4.78 is 26.5. The second-order valence-electron chi connectivity index (χ2n) is 6.79. The van der Waals surface area contributed by atoms with Crippen LogP contribution in [0, 0.1) is 12.8 Å². The first-order valence-corrected chi connectivity index (χ1v) is 9.85. The lowest BCUT2D eigenvalue weighted by Gasteiger charge is -2.22. The fraction of sp³-hybridized carbons (Fsp3) is 0.529. The smallest absolute Gasteiger partial charge is 0.321 e. The van der Waals surface area contributed by atoms with E-state index in [0.717, 1.165) is 5.56 Å². The maximum atomic E-state index is 12.6. The number of benzene rings is 1. The summed E-state index contributed by atoms with van der Waals surface area (Å²) in [7, 11) is -2.15. The lowest BCUT2D eigenvalue weighted by Crippen LogP contribution is -2.34. The molecule has 2 N–H and O–H groups in total. The van der Waals surface area contributed by atoms with E-state index in [1.165, 1.54) is 28.4 Å². The number of amides is 2. The fourth-order valence-corrected chi connectivity index (χ4v) is 4.08. The van der Waals surface area contributed by atoms with Gasteiger partial charge in [-0.1, -0.05) is 6.07 Å². The molecule has 0 spiro atoms. The normalized spacial score (nSPS) is 17.8. The summed E-state index contributed by atoms with van der Waals surface area (Å²) in [4.78, 5) is 25.0. The Morgan fingerprint density at radius 3 is 2.54 bits per heavy atom. The van der Waals surface area contributed by atoms with E-state index in [0.29, 0.717) is 18.7 Å². The molecule has 26 heavy (non-hydrogen) atoms. The topological polar surface area (TPSA) is 107 Å². The van der Waals surface area contributed by atoms with Gasteiger partial charge in [-0.25, -0.2) is 13.2 Å². The molecule has 1 saturated heterocycles. The summed E-state index contributed by atoms with van der Waals surface area (Å²) in [6.45, 7) is 5.83. The molecule has 0 aliphatic carbocycles. The lowest BCUT2D eigenvalue weighted by molar-refractivity contribution is -0.141. The van der Waals surface area contributed by atoms with E-state index in [1.54, 1.807) is 26.8 Å². The van der Waals surface area contributed by atoms with Gasteiger partial charge in [0, 0.05) is 31.9 Å². The van der Waals surface area contributed by atoms with E-state index in [1.807, 2.05) is 0 Å². The van der Waals surface area contributed by atoms with Crippen LogP contribution >= 0.6 is 0 Å². The zero-order valence-electron chi connectivity index (χ0n) is 15.4. The number of carbonyl (C=O) groups excluding carboxylic acids is 1. The minimum Gasteiger partial charge on any atom is -0.481 e. The largest absolute Gasteiger partial charge is 0.481 e. The molecule has 2 amide bonds. The number of rotatable bonds is 5. The number of anilines is 1. The number of carboxylic acids is 1. The summed E-state index contributed by atoms with van der Waals surface area (Å²) in [6.07, 6.45) is 0.412. The van der Waals surface area contributed by atoms with Crippen molar-refractivity contribution in [3.05, 3.63) is 23.8 Å². The molecule has 0 saturated carbocycles. The molecular weight excluding hydrogens is 358 g/mol. The van der Waals surface area contributed by atoms with E-state index < -0.39 is 27.9 Å². The Bertz CT molecular complexity index is 807. The number of likely N-dealkylation sites (tertiary alicyclic amines) is 1. The molecule has 1 aromatic rings. The van der Waals surface area contributed by atoms with Crippen LogP contribution in [0.1, 0.15) is 25.8 Å². The van der Waals surface area contributed by atoms with Crippen LogP contribution in [0.5, 0.6) is 0 Å². The molecule has 1 aliphatic rings. The molecule has 1 heterocycles. The SMILES string of the molecule is Cc1ccc(S(=O)(=O)N(C)C(C)C)cc1NC(=O)N1CCC(C(=O)O)C1. The Balaban J connectivity index is 2.20. The minimum atomic E-state index is -3.66. The Morgan fingerprint density at radius 1 is 1.35 bits per heavy atom.